The molecule has 0 atom stereocenters. The minimum absolute atomic E-state index is 0.417. The quantitative estimate of drug-likeness (QED) is 0.721. The SMILES string of the molecule is CC(C)c1ccnc(-n2ccnc2)n1. The van der Waals surface area contributed by atoms with Gasteiger partial charge in [0.2, 0.25) is 5.95 Å². The van der Waals surface area contributed by atoms with Gasteiger partial charge in [-0.1, -0.05) is 13.8 Å². The van der Waals surface area contributed by atoms with E-state index in [1.165, 1.54) is 0 Å². The van der Waals surface area contributed by atoms with E-state index in [4.69, 9.17) is 0 Å². The summed E-state index contributed by atoms with van der Waals surface area (Å²) in [5.74, 6) is 1.09. The number of imidazole rings is 1. The molecule has 0 N–H and O–H groups in total. The van der Waals surface area contributed by atoms with Crippen LogP contribution in [0.2, 0.25) is 0 Å². The van der Waals surface area contributed by atoms with Gasteiger partial charge < -0.3 is 0 Å². The molecular weight excluding hydrogens is 176 g/mol. The highest BCUT2D eigenvalue weighted by atomic mass is 15.2. The van der Waals surface area contributed by atoms with Crippen molar-refractivity contribution in [3.8, 4) is 5.95 Å². The Bertz CT molecular complexity index is 406. The maximum absolute atomic E-state index is 4.43. The third-order valence-corrected chi connectivity index (χ3v) is 1.99. The fourth-order valence-electron chi connectivity index (χ4n) is 1.19. The topological polar surface area (TPSA) is 43.6 Å². The van der Waals surface area contributed by atoms with Crippen molar-refractivity contribution in [3.05, 3.63) is 36.7 Å². The van der Waals surface area contributed by atoms with Crippen LogP contribution in [0.3, 0.4) is 0 Å². The van der Waals surface area contributed by atoms with E-state index in [1.54, 1.807) is 23.3 Å². The smallest absolute Gasteiger partial charge is 0.235 e. The van der Waals surface area contributed by atoms with Crippen molar-refractivity contribution in [3.63, 3.8) is 0 Å². The van der Waals surface area contributed by atoms with Crippen LogP contribution in [0.15, 0.2) is 31.0 Å². The van der Waals surface area contributed by atoms with Crippen LogP contribution in [0, 0.1) is 0 Å². The van der Waals surface area contributed by atoms with Crippen molar-refractivity contribution in [1.29, 1.82) is 0 Å². The van der Waals surface area contributed by atoms with E-state index in [0.29, 0.717) is 11.9 Å². The molecule has 0 aliphatic rings. The van der Waals surface area contributed by atoms with Crippen molar-refractivity contribution >= 4 is 0 Å². The minimum Gasteiger partial charge on any atom is -0.274 e. The fraction of sp³-hybridized carbons (Fsp3) is 0.300. The van der Waals surface area contributed by atoms with Gasteiger partial charge in [-0.3, -0.25) is 4.57 Å². The number of rotatable bonds is 2. The van der Waals surface area contributed by atoms with Gasteiger partial charge in [0.05, 0.1) is 0 Å². The van der Waals surface area contributed by atoms with E-state index in [2.05, 4.69) is 28.8 Å². The van der Waals surface area contributed by atoms with Crippen LogP contribution in [0.5, 0.6) is 0 Å². The molecule has 0 saturated carbocycles. The average Bonchev–Trinajstić information content (AvgIpc) is 2.71. The van der Waals surface area contributed by atoms with Crippen LogP contribution in [0.1, 0.15) is 25.5 Å². The standard InChI is InChI=1S/C10H12N4/c1-8(2)9-3-4-12-10(13-9)14-6-5-11-7-14/h3-8H,1-2H3. The molecule has 0 aromatic carbocycles. The Hall–Kier alpha value is -1.71. The summed E-state index contributed by atoms with van der Waals surface area (Å²) in [4.78, 5) is 12.6. The third kappa shape index (κ3) is 1.64. The zero-order valence-electron chi connectivity index (χ0n) is 8.25. The molecule has 2 aromatic heterocycles. The van der Waals surface area contributed by atoms with Gasteiger partial charge in [0.25, 0.3) is 0 Å². The summed E-state index contributed by atoms with van der Waals surface area (Å²) in [6, 6.07) is 1.94. The monoisotopic (exact) mass is 188 g/mol. The summed E-state index contributed by atoms with van der Waals surface area (Å²) in [7, 11) is 0. The van der Waals surface area contributed by atoms with Crippen LogP contribution in [-0.4, -0.2) is 19.5 Å². The lowest BCUT2D eigenvalue weighted by atomic mass is 10.1. The number of hydrogen-bond donors (Lipinski definition) is 0. The van der Waals surface area contributed by atoms with E-state index in [1.807, 2.05) is 12.3 Å². The first kappa shape index (κ1) is 8.87. The summed E-state index contributed by atoms with van der Waals surface area (Å²) in [6.07, 6.45) is 7.02. The summed E-state index contributed by atoms with van der Waals surface area (Å²) in [6.45, 7) is 4.22. The molecule has 0 radical (unpaired) electrons. The predicted molar refractivity (Wildman–Crippen MR) is 53.2 cm³/mol. The zero-order chi connectivity index (χ0) is 9.97. The molecule has 4 heteroatoms. The summed E-state index contributed by atoms with van der Waals surface area (Å²) < 4.78 is 1.80. The summed E-state index contributed by atoms with van der Waals surface area (Å²) in [5, 5.41) is 0. The Labute approximate surface area is 82.7 Å². The Morgan fingerprint density at radius 3 is 2.79 bits per heavy atom. The van der Waals surface area contributed by atoms with Gasteiger partial charge in [-0.15, -0.1) is 0 Å². The number of hydrogen-bond acceptors (Lipinski definition) is 3. The van der Waals surface area contributed by atoms with Crippen LogP contribution < -0.4 is 0 Å². The first-order chi connectivity index (χ1) is 6.77. The molecule has 0 saturated heterocycles. The van der Waals surface area contributed by atoms with Crippen molar-refractivity contribution in [2.45, 2.75) is 19.8 Å². The van der Waals surface area contributed by atoms with E-state index in [-0.39, 0.29) is 0 Å². The lowest BCUT2D eigenvalue weighted by Gasteiger charge is -2.05. The zero-order valence-corrected chi connectivity index (χ0v) is 8.25. The molecule has 2 aromatic rings. The Morgan fingerprint density at radius 1 is 1.29 bits per heavy atom. The summed E-state index contributed by atoms with van der Waals surface area (Å²) in [5.41, 5.74) is 1.05. The Kier molecular flexibility index (Phi) is 2.26. The molecule has 4 nitrogen and oxygen atoms in total. The van der Waals surface area contributed by atoms with Gasteiger partial charge in [-0.25, -0.2) is 15.0 Å². The summed E-state index contributed by atoms with van der Waals surface area (Å²) >= 11 is 0. The molecule has 0 aliphatic carbocycles. The molecule has 72 valence electrons. The fourth-order valence-corrected chi connectivity index (χ4v) is 1.19. The Morgan fingerprint density at radius 2 is 2.14 bits per heavy atom. The molecule has 0 unspecified atom stereocenters. The van der Waals surface area contributed by atoms with Gasteiger partial charge in [-0.2, -0.15) is 0 Å². The largest absolute Gasteiger partial charge is 0.274 e. The van der Waals surface area contributed by atoms with Crippen molar-refractivity contribution < 1.29 is 0 Å². The van der Waals surface area contributed by atoms with Crippen LogP contribution in [-0.2, 0) is 0 Å². The minimum atomic E-state index is 0.417. The maximum Gasteiger partial charge on any atom is 0.235 e. The second-order valence-corrected chi connectivity index (χ2v) is 3.41. The molecule has 2 rings (SSSR count). The van der Waals surface area contributed by atoms with Crippen LogP contribution in [0.25, 0.3) is 5.95 Å². The van der Waals surface area contributed by atoms with Crippen LogP contribution >= 0.6 is 0 Å². The number of aromatic nitrogens is 4. The van der Waals surface area contributed by atoms with Crippen molar-refractivity contribution in [1.82, 2.24) is 19.5 Å². The maximum atomic E-state index is 4.43. The van der Waals surface area contributed by atoms with E-state index >= 15 is 0 Å². The van der Waals surface area contributed by atoms with Gasteiger partial charge in [0, 0.05) is 24.3 Å². The highest BCUT2D eigenvalue weighted by Crippen LogP contribution is 2.11. The molecule has 2 heterocycles. The molecule has 0 bridgehead atoms. The second-order valence-electron chi connectivity index (χ2n) is 3.41. The van der Waals surface area contributed by atoms with E-state index in [0.717, 1.165) is 5.69 Å². The lowest BCUT2D eigenvalue weighted by molar-refractivity contribution is 0.791. The third-order valence-electron chi connectivity index (χ3n) is 1.99. The van der Waals surface area contributed by atoms with Gasteiger partial charge in [0.1, 0.15) is 6.33 Å². The molecule has 0 fully saturated rings. The first-order valence-corrected chi connectivity index (χ1v) is 4.58. The highest BCUT2D eigenvalue weighted by molar-refractivity contribution is 5.16. The van der Waals surface area contributed by atoms with E-state index in [9.17, 15) is 0 Å². The molecule has 0 aliphatic heterocycles. The second kappa shape index (κ2) is 3.57. The average molecular weight is 188 g/mol. The van der Waals surface area contributed by atoms with Gasteiger partial charge in [0.15, 0.2) is 0 Å². The van der Waals surface area contributed by atoms with E-state index < -0.39 is 0 Å². The van der Waals surface area contributed by atoms with Gasteiger partial charge in [-0.05, 0) is 12.0 Å². The number of nitrogens with zero attached hydrogens (tertiary/aromatic N) is 4. The molecule has 14 heavy (non-hydrogen) atoms. The highest BCUT2D eigenvalue weighted by Gasteiger charge is 2.03. The lowest BCUT2D eigenvalue weighted by Crippen LogP contribution is -2.02. The van der Waals surface area contributed by atoms with Crippen LogP contribution in [0.4, 0.5) is 0 Å². The first-order valence-electron chi connectivity index (χ1n) is 4.58. The predicted octanol–water partition coefficient (Wildman–Crippen LogP) is 1.79. The normalized spacial score (nSPS) is 10.8. The van der Waals surface area contributed by atoms with Crippen molar-refractivity contribution in [2.24, 2.45) is 0 Å². The molecule has 0 spiro atoms. The molecular formula is C10H12N4. The van der Waals surface area contributed by atoms with Crippen molar-refractivity contribution in [2.75, 3.05) is 0 Å². The molecule has 0 amide bonds. The Balaban J connectivity index is 2.41. The van der Waals surface area contributed by atoms with Gasteiger partial charge >= 0.3 is 0 Å².